The maximum atomic E-state index is 12.3. The Morgan fingerprint density at radius 3 is 0.989 bits per heavy atom. The first-order valence-electron chi connectivity index (χ1n) is 27.6. The zero-order valence-electron chi connectivity index (χ0n) is 45.6. The van der Waals surface area contributed by atoms with Crippen LogP contribution >= 0.6 is 0 Å². The molecule has 8 heterocycles. The lowest BCUT2D eigenvalue weighted by Gasteiger charge is -2.39. The Kier molecular flexibility index (Phi) is 16.6. The number of hydrogen-bond acceptors (Lipinski definition) is 22. The lowest BCUT2D eigenvalue weighted by atomic mass is 9.99. The van der Waals surface area contributed by atoms with E-state index in [-0.39, 0.29) is 22.9 Å². The number of nitrogens with one attached hydrogen (secondary N) is 2. The van der Waals surface area contributed by atoms with Crippen molar-refractivity contribution < 1.29 is 94.6 Å². The molecule has 87 heavy (non-hydrogen) atoms. The first kappa shape index (κ1) is 59.0. The first-order chi connectivity index (χ1) is 42.0. The van der Waals surface area contributed by atoms with Crippen molar-refractivity contribution in [3.63, 3.8) is 0 Å². The number of non-ortho nitro benzene ring substituents is 1. The summed E-state index contributed by atoms with van der Waals surface area (Å²) in [7, 11) is 0. The standard InChI is InChI=1S/C62H59N5O20/c68-25-44-51(71)54(74)57(77)60(85-44)82-33-10-4-28(5-11-33)47-36-16-18-38(63-36)48(29-6-12-34(13-7-29)83-61-58(78)55(75)52(72)45(26-69)86-61)40-20-22-42(65-40)50(31-2-1-3-32(24-31)67(80)81)43-23-21-41(66-43)49(39-19-17-37(47)64-39)30-8-14-35(15-9-30)84-62-59(79)56(76)53(73)46(27-70)87-62/h1-24,44-46,51-63,66,68-79H,25-27H2/t44-,45-,46-,51-,52-,53-,54+,55+,56+,57-,58-,59-,60-,61-,62-/m1/s1. The van der Waals surface area contributed by atoms with Crippen molar-refractivity contribution in [1.29, 1.82) is 0 Å². The molecule has 8 bridgehead atoms. The Labute approximate surface area is 492 Å². The molecule has 0 saturated carbocycles. The summed E-state index contributed by atoms with van der Waals surface area (Å²) in [5, 5.41) is 137. The molecule has 25 nitrogen and oxygen atoms in total. The Balaban J connectivity index is 1.04. The molecule has 3 aromatic heterocycles. The molecule has 7 aromatic rings. The van der Waals surface area contributed by atoms with Crippen molar-refractivity contribution in [1.82, 2.24) is 19.9 Å². The molecule has 5 aliphatic rings. The summed E-state index contributed by atoms with van der Waals surface area (Å²) in [4.78, 5) is 29.5. The quantitative estimate of drug-likeness (QED) is 0.0550. The first-order valence-corrected chi connectivity index (χ1v) is 27.6. The van der Waals surface area contributed by atoms with Gasteiger partial charge in [0.05, 0.1) is 47.5 Å². The fourth-order valence-corrected chi connectivity index (χ4v) is 11.2. The molecule has 0 aliphatic carbocycles. The largest absolute Gasteiger partial charge is 0.462 e. The molecule has 4 aromatic carbocycles. The number of aromatic amines is 2. The van der Waals surface area contributed by atoms with Gasteiger partial charge >= 0.3 is 0 Å². The van der Waals surface area contributed by atoms with E-state index in [9.17, 15) is 71.4 Å². The fourth-order valence-electron chi connectivity index (χ4n) is 11.2. The van der Waals surface area contributed by atoms with Crippen molar-refractivity contribution in [2.75, 3.05) is 19.8 Å². The van der Waals surface area contributed by atoms with Gasteiger partial charge in [0.15, 0.2) is 0 Å². The summed E-state index contributed by atoms with van der Waals surface area (Å²) in [6, 6.07) is 33.6. The van der Waals surface area contributed by atoms with Crippen LogP contribution in [0.4, 0.5) is 5.69 Å². The number of nitro groups is 1. The zero-order chi connectivity index (χ0) is 60.9. The van der Waals surface area contributed by atoms with Crippen LogP contribution in [-0.4, -0.2) is 198 Å². The highest BCUT2D eigenvalue weighted by molar-refractivity contribution is 6.00. The molecular weight excluding hydrogens is 1130 g/mol. The van der Waals surface area contributed by atoms with Gasteiger partial charge in [0.1, 0.15) is 90.5 Å². The van der Waals surface area contributed by atoms with E-state index in [2.05, 4.69) is 9.97 Å². The molecule has 14 N–H and O–H groups in total. The second-order valence-electron chi connectivity index (χ2n) is 21.3. The summed E-state index contributed by atoms with van der Waals surface area (Å²) in [6.07, 6.45) is -15.6. The normalized spacial score (nSPS) is 27.9. The number of hydrogen-bond donors (Lipinski definition) is 14. The third-order valence-corrected chi connectivity index (χ3v) is 15.8. The molecule has 3 saturated heterocycles. The van der Waals surface area contributed by atoms with Crippen LogP contribution < -0.4 is 14.2 Å². The van der Waals surface area contributed by atoms with Crippen LogP contribution in [0, 0.1) is 10.1 Å². The molecule has 5 aliphatic heterocycles. The number of ether oxygens (including phenoxy) is 6. The van der Waals surface area contributed by atoms with Crippen molar-refractivity contribution >= 4 is 52.1 Å². The molecule has 12 rings (SSSR count). The van der Waals surface area contributed by atoms with Gasteiger partial charge in [0.2, 0.25) is 18.9 Å². The molecule has 15 atom stereocenters. The fraction of sp³-hybridized carbons (Fsp3) is 0.290. The minimum atomic E-state index is -1.68. The highest BCUT2D eigenvalue weighted by Crippen LogP contribution is 2.41. The molecule has 0 unspecified atom stereocenters. The second kappa shape index (κ2) is 24.4. The number of nitro benzene ring substituents is 1. The predicted octanol–water partition coefficient (Wildman–Crippen LogP) is 2.77. The highest BCUT2D eigenvalue weighted by atomic mass is 16.7. The van der Waals surface area contributed by atoms with Crippen LogP contribution in [0.25, 0.3) is 90.9 Å². The number of rotatable bonds is 14. The van der Waals surface area contributed by atoms with Crippen LogP contribution in [0.2, 0.25) is 0 Å². The van der Waals surface area contributed by atoms with Gasteiger partial charge in [0.25, 0.3) is 5.69 Å². The average molecular weight is 1190 g/mol. The zero-order valence-corrected chi connectivity index (χ0v) is 45.6. The van der Waals surface area contributed by atoms with Crippen LogP contribution in [-0.2, 0) is 14.2 Å². The van der Waals surface area contributed by atoms with Crippen LogP contribution in [0.3, 0.4) is 0 Å². The van der Waals surface area contributed by atoms with E-state index < -0.39 is 117 Å². The Hall–Kier alpha value is -8.32. The Morgan fingerprint density at radius 1 is 0.402 bits per heavy atom. The van der Waals surface area contributed by atoms with E-state index in [4.69, 9.17) is 38.4 Å². The molecular formula is C62H59N5O20. The number of aromatic nitrogens is 4. The van der Waals surface area contributed by atoms with Gasteiger partial charge in [-0.15, -0.1) is 0 Å². The molecule has 3 fully saturated rings. The summed E-state index contributed by atoms with van der Waals surface area (Å²) in [5.41, 5.74) is 8.24. The Bertz CT molecular complexity index is 3830. The summed E-state index contributed by atoms with van der Waals surface area (Å²) in [6.45, 7) is -1.96. The van der Waals surface area contributed by atoms with E-state index in [0.29, 0.717) is 89.4 Å². The predicted molar refractivity (Wildman–Crippen MR) is 310 cm³/mol. The van der Waals surface area contributed by atoms with E-state index in [1.54, 1.807) is 97.1 Å². The molecule has 0 spiro atoms. The molecule has 452 valence electrons. The lowest BCUT2D eigenvalue weighted by Crippen LogP contribution is -2.60. The highest BCUT2D eigenvalue weighted by Gasteiger charge is 2.47. The number of fused-ring (bicyclic) bond motifs is 8. The maximum absolute atomic E-state index is 12.3. The van der Waals surface area contributed by atoms with Gasteiger partial charge < -0.3 is 99.7 Å². The van der Waals surface area contributed by atoms with Crippen LogP contribution in [0.1, 0.15) is 22.8 Å². The number of nitrogens with zero attached hydrogens (tertiary/aromatic N) is 3. The van der Waals surface area contributed by atoms with E-state index in [1.807, 2.05) is 36.4 Å². The molecule has 0 radical (unpaired) electrons. The van der Waals surface area contributed by atoms with Crippen LogP contribution in [0.5, 0.6) is 17.2 Å². The number of H-pyrrole nitrogens is 2. The van der Waals surface area contributed by atoms with E-state index in [1.165, 1.54) is 12.1 Å². The lowest BCUT2D eigenvalue weighted by molar-refractivity contribution is -0.384. The van der Waals surface area contributed by atoms with E-state index >= 15 is 0 Å². The maximum Gasteiger partial charge on any atom is 0.270 e. The second-order valence-corrected chi connectivity index (χ2v) is 21.3. The number of aliphatic hydroxyl groups excluding tert-OH is 12. The Morgan fingerprint density at radius 2 is 0.701 bits per heavy atom. The van der Waals surface area contributed by atoms with Gasteiger partial charge in [-0.05, 0) is 107 Å². The van der Waals surface area contributed by atoms with Gasteiger partial charge in [-0.3, -0.25) is 10.1 Å². The summed E-state index contributed by atoms with van der Waals surface area (Å²) in [5.74, 6) is 0.599. The van der Waals surface area contributed by atoms with Gasteiger partial charge in [-0.25, -0.2) is 9.97 Å². The van der Waals surface area contributed by atoms with Gasteiger partial charge in [-0.1, -0.05) is 48.5 Å². The summed E-state index contributed by atoms with van der Waals surface area (Å²) >= 11 is 0. The smallest absolute Gasteiger partial charge is 0.270 e. The van der Waals surface area contributed by atoms with Crippen LogP contribution in [0.15, 0.2) is 121 Å². The van der Waals surface area contributed by atoms with Gasteiger partial charge in [-0.2, -0.15) is 0 Å². The van der Waals surface area contributed by atoms with E-state index in [0.717, 1.165) is 0 Å². The monoisotopic (exact) mass is 1190 g/mol. The SMILES string of the molecule is O=[N+]([O-])c1cccc(-c2c3nc(c(-c4ccc(O[C@@H]5O[C@H](CO)[C@@H](O)[C@H](O)[C@H]5O)cc4)c4ccc([nH]4)c(-c4ccc(O[C@@H]5O[C@H](CO)[C@@H](O)[C@H](O)[C@H]5O)cc4)c4nc(c(-c5ccc(O[C@@H]6O[C@H](CO)[C@@H](O)[C@H](O)[C@H]6O)cc5)c5ccc2[nH]5)C=C4)C=C3)c1. The molecule has 0 amide bonds. The van der Waals surface area contributed by atoms with Gasteiger partial charge in [0, 0.05) is 56.5 Å². The third-order valence-electron chi connectivity index (χ3n) is 15.8. The van der Waals surface area contributed by atoms with Crippen molar-refractivity contribution in [3.05, 3.63) is 154 Å². The van der Waals surface area contributed by atoms with Crippen molar-refractivity contribution in [2.24, 2.45) is 0 Å². The number of benzene rings is 4. The minimum Gasteiger partial charge on any atom is -0.462 e. The summed E-state index contributed by atoms with van der Waals surface area (Å²) < 4.78 is 34.7. The third kappa shape index (κ3) is 11.4. The molecule has 25 heteroatoms. The van der Waals surface area contributed by atoms with Crippen molar-refractivity contribution in [3.8, 4) is 61.8 Å². The topological polar surface area (TPSA) is 399 Å². The van der Waals surface area contributed by atoms with Crippen molar-refractivity contribution in [2.45, 2.75) is 92.1 Å². The number of aliphatic hydroxyl groups is 12. The minimum absolute atomic E-state index is 0.169. The average Bonchev–Trinajstić information content (AvgIpc) is 1.92.